The summed E-state index contributed by atoms with van der Waals surface area (Å²) in [6.45, 7) is 5.71. The van der Waals surface area contributed by atoms with Crippen LogP contribution < -0.4 is 9.64 Å². The third-order valence-electron chi connectivity index (χ3n) is 5.75. The minimum absolute atomic E-state index is 0.120. The van der Waals surface area contributed by atoms with Crippen LogP contribution in [0, 0.1) is 12.8 Å². The minimum atomic E-state index is -4.95. The number of hydrogen-bond acceptors (Lipinski definition) is 7. The number of halogens is 3. The molecule has 3 heterocycles. The smallest absolute Gasteiger partial charge is 0.388 e. The molecule has 2 aromatic heterocycles. The number of ether oxygens (including phenoxy) is 1. The highest BCUT2D eigenvalue weighted by atomic mass is 19.4. The average Bonchev–Trinajstić information content (AvgIpc) is 3.09. The van der Waals surface area contributed by atoms with Gasteiger partial charge in [0.05, 0.1) is 6.04 Å². The molecule has 2 atom stereocenters. The summed E-state index contributed by atoms with van der Waals surface area (Å²) in [5.41, 5.74) is 2.04. The number of carbonyl (C=O) groups is 3. The maximum absolute atomic E-state index is 13.5. The molecule has 8 nitrogen and oxygen atoms in total. The van der Waals surface area contributed by atoms with Gasteiger partial charge in [-0.2, -0.15) is 0 Å². The van der Waals surface area contributed by atoms with Gasteiger partial charge in [-0.25, -0.2) is 15.0 Å². The van der Waals surface area contributed by atoms with Crippen molar-refractivity contribution in [2.75, 3.05) is 4.90 Å². The van der Waals surface area contributed by atoms with Crippen LogP contribution in [0.15, 0.2) is 55.0 Å². The summed E-state index contributed by atoms with van der Waals surface area (Å²) in [7, 11) is 0. The molecule has 1 aliphatic rings. The van der Waals surface area contributed by atoms with E-state index in [1.165, 1.54) is 18.5 Å². The zero-order valence-corrected chi connectivity index (χ0v) is 19.5. The van der Waals surface area contributed by atoms with Gasteiger partial charge >= 0.3 is 6.36 Å². The summed E-state index contributed by atoms with van der Waals surface area (Å²) in [4.78, 5) is 52.6. The van der Waals surface area contributed by atoms with Crippen LogP contribution in [-0.2, 0) is 9.59 Å². The van der Waals surface area contributed by atoms with Crippen molar-refractivity contribution in [3.05, 3.63) is 77.2 Å². The van der Waals surface area contributed by atoms with Crippen molar-refractivity contribution in [3.63, 3.8) is 0 Å². The van der Waals surface area contributed by atoms with Gasteiger partial charge in [0.15, 0.2) is 5.78 Å². The Morgan fingerprint density at radius 2 is 1.61 bits per heavy atom. The molecule has 1 aromatic carbocycles. The molecule has 2 unspecified atom stereocenters. The number of pyridine rings is 1. The highest BCUT2D eigenvalue weighted by Crippen LogP contribution is 2.40. The Morgan fingerprint density at radius 1 is 0.972 bits per heavy atom. The number of hydrogen-bond donors (Lipinski definition) is 0. The van der Waals surface area contributed by atoms with Crippen LogP contribution in [0.4, 0.5) is 19.1 Å². The average molecular weight is 498 g/mol. The number of rotatable bonds is 6. The molecule has 4 rings (SSSR count). The summed E-state index contributed by atoms with van der Waals surface area (Å²) in [5.74, 6) is -4.71. The Balaban J connectivity index is 1.78. The molecule has 0 aliphatic carbocycles. The standard InChI is InChI=1S/C25H21F3N4O4/c1-13(2)15-4-6-16(7-5-15)21(33)19-20(17-8-9-18(29-12-17)36-25(26,27)28)32(23(35)22(19)34)24-30-10-14(3)11-31-24/h4-13,19-20H,1-3H3. The Morgan fingerprint density at radius 3 is 2.14 bits per heavy atom. The third-order valence-corrected chi connectivity index (χ3v) is 5.75. The van der Waals surface area contributed by atoms with E-state index in [1.807, 2.05) is 13.8 Å². The van der Waals surface area contributed by atoms with Gasteiger partial charge in [-0.05, 0) is 35.6 Å². The van der Waals surface area contributed by atoms with Crippen molar-refractivity contribution >= 4 is 23.4 Å². The molecule has 0 bridgehead atoms. The van der Waals surface area contributed by atoms with E-state index in [-0.39, 0.29) is 23.0 Å². The van der Waals surface area contributed by atoms with E-state index in [4.69, 9.17) is 0 Å². The predicted octanol–water partition coefficient (Wildman–Crippen LogP) is 4.36. The van der Waals surface area contributed by atoms with Crippen molar-refractivity contribution in [2.24, 2.45) is 5.92 Å². The van der Waals surface area contributed by atoms with E-state index in [0.29, 0.717) is 5.56 Å². The molecule has 0 N–H and O–H groups in total. The number of benzene rings is 1. The number of aromatic nitrogens is 3. The molecule has 1 amide bonds. The molecule has 1 saturated heterocycles. The second-order valence-corrected chi connectivity index (χ2v) is 8.64. The Kier molecular flexibility index (Phi) is 6.57. The maximum atomic E-state index is 13.5. The molecule has 186 valence electrons. The number of anilines is 1. The zero-order valence-electron chi connectivity index (χ0n) is 19.5. The zero-order chi connectivity index (χ0) is 26.2. The topological polar surface area (TPSA) is 102 Å². The number of ketones is 2. The SMILES string of the molecule is Cc1cnc(N2C(=O)C(=O)C(C(=O)c3ccc(C(C)C)cc3)C2c2ccc(OC(F)(F)F)nc2)nc1. The van der Waals surface area contributed by atoms with Gasteiger partial charge in [0.25, 0.3) is 5.91 Å². The predicted molar refractivity (Wildman–Crippen MR) is 121 cm³/mol. The van der Waals surface area contributed by atoms with E-state index in [9.17, 15) is 27.6 Å². The number of nitrogens with zero attached hydrogens (tertiary/aromatic N) is 4. The van der Waals surface area contributed by atoms with E-state index in [0.717, 1.165) is 22.7 Å². The van der Waals surface area contributed by atoms with Crippen LogP contribution in [0.2, 0.25) is 0 Å². The van der Waals surface area contributed by atoms with Gasteiger partial charge in [0.2, 0.25) is 17.6 Å². The Bertz CT molecular complexity index is 1290. The first kappa shape index (κ1) is 25.0. The van der Waals surface area contributed by atoms with Crippen molar-refractivity contribution < 1.29 is 32.3 Å². The van der Waals surface area contributed by atoms with Crippen LogP contribution in [-0.4, -0.2) is 38.8 Å². The molecule has 36 heavy (non-hydrogen) atoms. The number of amides is 1. The van der Waals surface area contributed by atoms with Crippen LogP contribution in [0.25, 0.3) is 0 Å². The van der Waals surface area contributed by atoms with E-state index < -0.39 is 41.7 Å². The van der Waals surface area contributed by atoms with E-state index >= 15 is 0 Å². The lowest BCUT2D eigenvalue weighted by atomic mass is 9.86. The fourth-order valence-electron chi connectivity index (χ4n) is 3.96. The maximum Gasteiger partial charge on any atom is 0.574 e. The van der Waals surface area contributed by atoms with Crippen molar-refractivity contribution in [2.45, 2.75) is 39.1 Å². The van der Waals surface area contributed by atoms with Gasteiger partial charge in [0, 0.05) is 30.2 Å². The van der Waals surface area contributed by atoms with Gasteiger partial charge < -0.3 is 4.74 Å². The first-order valence-corrected chi connectivity index (χ1v) is 11.0. The molecule has 1 aliphatic heterocycles. The van der Waals surface area contributed by atoms with Crippen LogP contribution in [0.1, 0.15) is 52.9 Å². The lowest BCUT2D eigenvalue weighted by Gasteiger charge is -2.25. The van der Waals surface area contributed by atoms with Crippen LogP contribution in [0.3, 0.4) is 0 Å². The first-order valence-electron chi connectivity index (χ1n) is 11.0. The molecule has 0 saturated carbocycles. The van der Waals surface area contributed by atoms with Crippen LogP contribution >= 0.6 is 0 Å². The second-order valence-electron chi connectivity index (χ2n) is 8.64. The lowest BCUT2D eigenvalue weighted by molar-refractivity contribution is -0.276. The molecule has 1 fully saturated rings. The van der Waals surface area contributed by atoms with Crippen molar-refractivity contribution in [1.82, 2.24) is 15.0 Å². The van der Waals surface area contributed by atoms with E-state index in [2.05, 4.69) is 19.7 Å². The third kappa shape index (κ3) is 4.95. The molecule has 3 aromatic rings. The summed E-state index contributed by atoms with van der Waals surface area (Å²) >= 11 is 0. The molecule has 11 heteroatoms. The van der Waals surface area contributed by atoms with Crippen LogP contribution in [0.5, 0.6) is 5.88 Å². The molecule has 0 radical (unpaired) electrons. The highest BCUT2D eigenvalue weighted by molar-refractivity contribution is 6.48. The van der Waals surface area contributed by atoms with Gasteiger partial charge in [-0.3, -0.25) is 19.3 Å². The highest BCUT2D eigenvalue weighted by Gasteiger charge is 2.53. The van der Waals surface area contributed by atoms with Gasteiger partial charge in [-0.15, -0.1) is 13.2 Å². The number of alkyl halides is 3. The van der Waals surface area contributed by atoms with Crippen molar-refractivity contribution in [3.8, 4) is 5.88 Å². The van der Waals surface area contributed by atoms with Crippen molar-refractivity contribution in [1.29, 1.82) is 0 Å². The minimum Gasteiger partial charge on any atom is -0.388 e. The quantitative estimate of drug-likeness (QED) is 0.283. The molecular weight excluding hydrogens is 477 g/mol. The molecular formula is C25H21F3N4O4. The first-order chi connectivity index (χ1) is 17.0. The van der Waals surface area contributed by atoms with Gasteiger partial charge in [-0.1, -0.05) is 38.1 Å². The fraction of sp³-hybridized carbons (Fsp3) is 0.280. The summed E-state index contributed by atoms with van der Waals surface area (Å²) in [5, 5.41) is 0. The van der Waals surface area contributed by atoms with Gasteiger partial charge in [0.1, 0.15) is 5.92 Å². The van der Waals surface area contributed by atoms with E-state index in [1.54, 1.807) is 31.2 Å². The summed E-state index contributed by atoms with van der Waals surface area (Å²) in [6.07, 6.45) is -1.04. The largest absolute Gasteiger partial charge is 0.574 e. The monoisotopic (exact) mass is 498 g/mol. The molecule has 0 spiro atoms. The number of carbonyl (C=O) groups excluding carboxylic acids is 3. The normalized spacial score (nSPS) is 18.1. The fourth-order valence-corrected chi connectivity index (χ4v) is 3.96. The number of aryl methyl sites for hydroxylation is 1. The Hall–Kier alpha value is -4.15. The Labute approximate surface area is 204 Å². The number of Topliss-reactive ketones (excluding diaryl/α,β-unsaturated/α-hetero) is 2. The summed E-state index contributed by atoms with van der Waals surface area (Å²) in [6, 6.07) is 7.63. The summed E-state index contributed by atoms with van der Waals surface area (Å²) < 4.78 is 41.5. The lowest BCUT2D eigenvalue weighted by Crippen LogP contribution is -2.32. The second kappa shape index (κ2) is 9.48.